The van der Waals surface area contributed by atoms with E-state index in [1.165, 1.54) is 54.1 Å². The number of benzene rings is 9. The van der Waals surface area contributed by atoms with Gasteiger partial charge in [0.2, 0.25) is 0 Å². The van der Waals surface area contributed by atoms with Crippen molar-refractivity contribution in [2.24, 2.45) is 4.99 Å². The second kappa shape index (κ2) is 14.3. The second-order valence-corrected chi connectivity index (χ2v) is 16.1. The first-order valence-corrected chi connectivity index (χ1v) is 21.1. The Bertz CT molecular complexity index is 3700. The zero-order valence-corrected chi connectivity index (χ0v) is 34.1. The summed E-state index contributed by atoms with van der Waals surface area (Å²) in [5.41, 5.74) is 19.0. The zero-order chi connectivity index (χ0) is 41.3. The van der Waals surface area contributed by atoms with Crippen LogP contribution in [0.5, 0.6) is 11.5 Å². The lowest BCUT2D eigenvalue weighted by atomic mass is 9.92. The predicted octanol–water partition coefficient (Wildman–Crippen LogP) is 14.8. The highest BCUT2D eigenvalue weighted by molar-refractivity contribution is 6.39. The van der Waals surface area contributed by atoms with Crippen molar-refractivity contribution >= 4 is 82.2 Å². The summed E-state index contributed by atoms with van der Waals surface area (Å²) < 4.78 is 11.5. The number of anilines is 1. The van der Waals surface area contributed by atoms with Crippen LogP contribution < -0.4 is 10.5 Å². The molecule has 0 spiro atoms. The molecule has 0 radical (unpaired) electrons. The monoisotopic (exact) mass is 796 g/mol. The molecular formula is C57H40N4O. The van der Waals surface area contributed by atoms with Gasteiger partial charge in [-0.15, -0.1) is 0 Å². The maximum atomic E-state index is 6.67. The van der Waals surface area contributed by atoms with Gasteiger partial charge >= 0.3 is 0 Å². The average Bonchev–Trinajstić information content (AvgIpc) is 3.83. The summed E-state index contributed by atoms with van der Waals surface area (Å²) in [6.45, 7) is 2.59. The number of nitrogen functional groups attached to an aromatic ring is 1. The lowest BCUT2D eigenvalue weighted by Gasteiger charge is -2.17. The van der Waals surface area contributed by atoms with Crippen molar-refractivity contribution in [2.75, 3.05) is 5.73 Å². The molecule has 2 heterocycles. The predicted molar refractivity (Wildman–Crippen MR) is 260 cm³/mol. The van der Waals surface area contributed by atoms with Gasteiger partial charge in [-0.1, -0.05) is 127 Å². The third-order valence-electron chi connectivity index (χ3n) is 12.6. The molecule has 5 nitrogen and oxygen atoms in total. The van der Waals surface area contributed by atoms with E-state index in [-0.39, 0.29) is 0 Å². The van der Waals surface area contributed by atoms with Crippen LogP contribution in [0.3, 0.4) is 0 Å². The van der Waals surface area contributed by atoms with E-state index in [1.807, 2.05) is 60.7 Å². The Labute approximate surface area is 358 Å². The van der Waals surface area contributed by atoms with Gasteiger partial charge < -0.3 is 19.6 Å². The number of hydrogen-bond acceptors (Lipinski definition) is 3. The molecular weight excluding hydrogens is 757 g/mol. The van der Waals surface area contributed by atoms with Gasteiger partial charge in [0.05, 0.1) is 45.7 Å². The average molecular weight is 797 g/mol. The van der Waals surface area contributed by atoms with Crippen LogP contribution >= 0.6 is 0 Å². The van der Waals surface area contributed by atoms with Gasteiger partial charge in [-0.25, -0.2) is 4.99 Å². The van der Waals surface area contributed by atoms with Crippen molar-refractivity contribution in [1.82, 2.24) is 9.13 Å². The van der Waals surface area contributed by atoms with Crippen LogP contribution in [-0.4, -0.2) is 14.8 Å². The van der Waals surface area contributed by atoms with Gasteiger partial charge in [0.1, 0.15) is 11.5 Å². The highest BCUT2D eigenvalue weighted by Crippen LogP contribution is 2.48. The molecule has 0 saturated carbocycles. The Balaban J connectivity index is 1.23. The smallest absolute Gasteiger partial charge is 0.130 e. The number of rotatable bonds is 8. The lowest BCUT2D eigenvalue weighted by molar-refractivity contribution is 0.479. The molecule has 0 aliphatic heterocycles. The van der Waals surface area contributed by atoms with Gasteiger partial charge in [-0.2, -0.15) is 0 Å². The molecule has 0 unspecified atom stereocenters. The first-order chi connectivity index (χ1) is 30.6. The number of fused-ring (bicyclic) bond motifs is 3. The van der Waals surface area contributed by atoms with Crippen molar-refractivity contribution in [3.05, 3.63) is 211 Å². The van der Waals surface area contributed by atoms with Crippen molar-refractivity contribution in [1.29, 1.82) is 0 Å². The Kier molecular flexibility index (Phi) is 8.22. The summed E-state index contributed by atoms with van der Waals surface area (Å²) in [6, 6.07) is 70.7. The lowest BCUT2D eigenvalue weighted by Crippen LogP contribution is -2.13. The fourth-order valence-electron chi connectivity index (χ4n) is 9.78. The number of aromatic nitrogens is 2. The van der Waals surface area contributed by atoms with Crippen LogP contribution in [0.15, 0.2) is 205 Å². The van der Waals surface area contributed by atoms with Crippen molar-refractivity contribution in [3.8, 4) is 28.3 Å². The number of nitrogens with two attached hydrogens (primary N) is 1. The number of aliphatic imine (C=N–C) groups is 1. The minimum absolute atomic E-state index is 0.471. The summed E-state index contributed by atoms with van der Waals surface area (Å²) in [6.07, 6.45) is 0. The number of ether oxygens (including phenoxy) is 1. The second-order valence-electron chi connectivity index (χ2n) is 16.1. The van der Waals surface area contributed by atoms with Crippen LogP contribution in [-0.2, 0) is 6.54 Å². The summed E-state index contributed by atoms with van der Waals surface area (Å²) in [5, 5.41) is 9.86. The third kappa shape index (κ3) is 5.59. The van der Waals surface area contributed by atoms with E-state index >= 15 is 0 Å². The maximum Gasteiger partial charge on any atom is 0.130 e. The molecule has 10 aromatic carbocycles. The Morgan fingerprint density at radius 2 is 1.11 bits per heavy atom. The Hall–Kier alpha value is -8.15. The molecule has 294 valence electrons. The molecule has 0 amide bonds. The van der Waals surface area contributed by atoms with Crippen LogP contribution in [0.2, 0.25) is 0 Å². The minimum atomic E-state index is 0.471. The number of nitrogens with zero attached hydrogens (tertiary/aromatic N) is 3. The highest BCUT2D eigenvalue weighted by atomic mass is 16.5. The van der Waals surface area contributed by atoms with E-state index in [9.17, 15) is 0 Å². The van der Waals surface area contributed by atoms with Crippen molar-refractivity contribution in [2.45, 2.75) is 13.5 Å². The quantitative estimate of drug-likeness (QED) is 0.123. The molecule has 62 heavy (non-hydrogen) atoms. The van der Waals surface area contributed by atoms with Gasteiger partial charge in [-0.05, 0) is 112 Å². The molecule has 5 heteroatoms. The standard InChI is InChI=1S/C57H40N4O/c1-36-41(25-16-30-53(36)62-40-21-9-4-10-22-40)48(59-47-28-14-13-27-46(47)58)35-60-49-31-32-51-57-54-44(26-15-29-50(54)61(51)39-19-7-3-8-20-39)42-23-11-12-24-43(42)45-33-38(37-17-5-2-6-18-37)34-52(60)55(45)56(49)57/h2-34H,35,58H2,1H3. The van der Waals surface area contributed by atoms with Crippen LogP contribution in [0.25, 0.3) is 82.0 Å². The van der Waals surface area contributed by atoms with E-state index in [4.69, 9.17) is 15.5 Å². The van der Waals surface area contributed by atoms with Gasteiger partial charge in [0.25, 0.3) is 0 Å². The number of para-hydroxylation sites is 4. The molecule has 0 bridgehead atoms. The minimum Gasteiger partial charge on any atom is -0.457 e. The van der Waals surface area contributed by atoms with Crippen molar-refractivity contribution in [3.63, 3.8) is 0 Å². The summed E-state index contributed by atoms with van der Waals surface area (Å²) in [5.74, 6) is 1.56. The molecule has 0 aliphatic carbocycles. The summed E-state index contributed by atoms with van der Waals surface area (Å²) >= 11 is 0. The topological polar surface area (TPSA) is 57.5 Å². The Morgan fingerprint density at radius 1 is 0.500 bits per heavy atom. The van der Waals surface area contributed by atoms with Gasteiger partial charge in [0, 0.05) is 38.4 Å². The maximum absolute atomic E-state index is 6.67. The van der Waals surface area contributed by atoms with E-state index in [0.717, 1.165) is 61.9 Å². The SMILES string of the molecule is Cc1c(Oc2ccccc2)cccc1C(Cn1c2cc(-c3ccccc3)cc3c4ccccc4c4cccc5c4c4c(c32)c1ccc4n5-c1ccccc1)=Nc1ccccc1N. The summed E-state index contributed by atoms with van der Waals surface area (Å²) in [7, 11) is 0. The molecule has 12 rings (SSSR count). The fraction of sp³-hybridized carbons (Fsp3) is 0.0351. The van der Waals surface area contributed by atoms with Gasteiger partial charge in [-0.3, -0.25) is 0 Å². The van der Waals surface area contributed by atoms with Crippen molar-refractivity contribution < 1.29 is 4.74 Å². The molecule has 0 fully saturated rings. The molecule has 0 aliphatic rings. The molecule has 2 N–H and O–H groups in total. The highest BCUT2D eigenvalue weighted by Gasteiger charge is 2.26. The van der Waals surface area contributed by atoms with E-state index < -0.39 is 0 Å². The number of hydrogen-bond donors (Lipinski definition) is 1. The summed E-state index contributed by atoms with van der Waals surface area (Å²) in [4.78, 5) is 5.46. The molecule has 0 saturated heterocycles. The van der Waals surface area contributed by atoms with Crippen LogP contribution in [0.4, 0.5) is 11.4 Å². The van der Waals surface area contributed by atoms with Crippen LogP contribution in [0.1, 0.15) is 11.1 Å². The van der Waals surface area contributed by atoms with E-state index in [2.05, 4.69) is 156 Å². The molecule has 2 aromatic heterocycles. The normalized spacial score (nSPS) is 12.2. The fourth-order valence-corrected chi connectivity index (χ4v) is 9.78. The largest absolute Gasteiger partial charge is 0.457 e. The third-order valence-corrected chi connectivity index (χ3v) is 12.6. The first kappa shape index (κ1) is 35.8. The van der Waals surface area contributed by atoms with Gasteiger partial charge in [0.15, 0.2) is 0 Å². The van der Waals surface area contributed by atoms with E-state index in [0.29, 0.717) is 12.2 Å². The van der Waals surface area contributed by atoms with E-state index in [1.54, 1.807) is 0 Å². The molecule has 12 aromatic rings. The Morgan fingerprint density at radius 3 is 1.90 bits per heavy atom. The first-order valence-electron chi connectivity index (χ1n) is 21.1. The molecule has 0 atom stereocenters. The zero-order valence-electron chi connectivity index (χ0n) is 34.1. The van der Waals surface area contributed by atoms with Crippen LogP contribution in [0, 0.1) is 6.92 Å².